The van der Waals surface area contributed by atoms with Gasteiger partial charge in [0.05, 0.1) is 18.6 Å². The van der Waals surface area contributed by atoms with Crippen molar-refractivity contribution in [2.75, 3.05) is 13.2 Å². The highest BCUT2D eigenvalue weighted by Gasteiger charge is 2.47. The highest BCUT2D eigenvalue weighted by atomic mass is 16.5. The van der Waals surface area contributed by atoms with Gasteiger partial charge in [-0.15, -0.1) is 0 Å². The van der Waals surface area contributed by atoms with Crippen LogP contribution in [0.15, 0.2) is 24.3 Å². The summed E-state index contributed by atoms with van der Waals surface area (Å²) in [5.41, 5.74) is 0. The van der Waals surface area contributed by atoms with Crippen LogP contribution in [0, 0.1) is 11.8 Å². The predicted octanol–water partition coefficient (Wildman–Crippen LogP) is 4.74. The standard InChI is InChI=1S/C21H34O4/c1-2-3-4-9-15-24-16-14-18-17(19-12-13-20(18)25-19)10-7-5-6-8-11-21(22)23/h5-8,17-20H,2-4,9-16H2,1H3,(H,22,23)/t17-,18+,19-,20+/m0/s1. The molecular weight excluding hydrogens is 316 g/mol. The van der Waals surface area contributed by atoms with Crippen molar-refractivity contribution < 1.29 is 19.4 Å². The Morgan fingerprint density at radius 1 is 1.08 bits per heavy atom. The number of fused-ring (bicyclic) bond motifs is 2. The minimum absolute atomic E-state index is 0.0831. The molecule has 2 fully saturated rings. The Bertz CT molecular complexity index is 443. The van der Waals surface area contributed by atoms with Crippen molar-refractivity contribution in [1.82, 2.24) is 0 Å². The molecule has 142 valence electrons. The molecule has 4 heteroatoms. The first-order valence-electron chi connectivity index (χ1n) is 9.99. The van der Waals surface area contributed by atoms with Crippen LogP contribution in [0.1, 0.15) is 64.7 Å². The second kappa shape index (κ2) is 11.5. The molecule has 0 aromatic rings. The van der Waals surface area contributed by atoms with E-state index in [-0.39, 0.29) is 6.42 Å². The number of carbonyl (C=O) groups is 1. The smallest absolute Gasteiger partial charge is 0.307 e. The van der Waals surface area contributed by atoms with E-state index in [1.165, 1.54) is 38.5 Å². The number of hydrogen-bond donors (Lipinski definition) is 1. The maximum Gasteiger partial charge on any atom is 0.307 e. The fourth-order valence-corrected chi connectivity index (χ4v) is 4.11. The zero-order valence-electron chi connectivity index (χ0n) is 15.6. The maximum absolute atomic E-state index is 10.5. The van der Waals surface area contributed by atoms with Crippen LogP contribution in [-0.2, 0) is 14.3 Å². The van der Waals surface area contributed by atoms with Crippen molar-refractivity contribution in [1.29, 1.82) is 0 Å². The number of hydrogen-bond acceptors (Lipinski definition) is 3. The Morgan fingerprint density at radius 3 is 2.60 bits per heavy atom. The minimum Gasteiger partial charge on any atom is -0.481 e. The van der Waals surface area contributed by atoms with Gasteiger partial charge in [0.15, 0.2) is 0 Å². The Hall–Kier alpha value is -1.13. The molecule has 4 nitrogen and oxygen atoms in total. The zero-order chi connectivity index (χ0) is 17.9. The number of unbranched alkanes of at least 4 members (excludes halogenated alkanes) is 3. The van der Waals surface area contributed by atoms with Crippen LogP contribution in [0.25, 0.3) is 0 Å². The molecule has 0 spiro atoms. The predicted molar refractivity (Wildman–Crippen MR) is 99.6 cm³/mol. The molecule has 2 heterocycles. The maximum atomic E-state index is 10.5. The molecule has 2 aliphatic rings. The largest absolute Gasteiger partial charge is 0.481 e. The highest BCUT2D eigenvalue weighted by molar-refractivity contribution is 5.68. The lowest BCUT2D eigenvalue weighted by atomic mass is 9.76. The highest BCUT2D eigenvalue weighted by Crippen LogP contribution is 2.46. The van der Waals surface area contributed by atoms with E-state index in [1.54, 1.807) is 6.08 Å². The molecule has 2 rings (SSSR count). The molecule has 1 N–H and O–H groups in total. The van der Waals surface area contributed by atoms with Crippen LogP contribution in [0.2, 0.25) is 0 Å². The monoisotopic (exact) mass is 350 g/mol. The average molecular weight is 350 g/mol. The van der Waals surface area contributed by atoms with Crippen molar-refractivity contribution in [2.24, 2.45) is 11.8 Å². The van der Waals surface area contributed by atoms with Crippen molar-refractivity contribution in [2.45, 2.75) is 76.9 Å². The number of ether oxygens (including phenoxy) is 2. The van der Waals surface area contributed by atoms with E-state index >= 15 is 0 Å². The van der Waals surface area contributed by atoms with Gasteiger partial charge in [0, 0.05) is 13.2 Å². The van der Waals surface area contributed by atoms with Gasteiger partial charge >= 0.3 is 5.97 Å². The van der Waals surface area contributed by atoms with Crippen LogP contribution < -0.4 is 0 Å². The average Bonchev–Trinajstić information content (AvgIpc) is 3.19. The summed E-state index contributed by atoms with van der Waals surface area (Å²) in [5.74, 6) is 0.412. The zero-order valence-corrected chi connectivity index (χ0v) is 15.6. The van der Waals surface area contributed by atoms with Gasteiger partial charge in [0.25, 0.3) is 0 Å². The summed E-state index contributed by atoms with van der Waals surface area (Å²) < 4.78 is 12.0. The Morgan fingerprint density at radius 2 is 1.84 bits per heavy atom. The molecule has 0 aromatic carbocycles. The van der Waals surface area contributed by atoms with Crippen LogP contribution in [0.3, 0.4) is 0 Å². The first-order chi connectivity index (χ1) is 12.2. The lowest BCUT2D eigenvalue weighted by Crippen LogP contribution is -2.28. The molecule has 2 bridgehead atoms. The molecule has 0 radical (unpaired) electrons. The molecule has 0 saturated carbocycles. The topological polar surface area (TPSA) is 55.8 Å². The van der Waals surface area contributed by atoms with Crippen LogP contribution in [-0.4, -0.2) is 36.5 Å². The minimum atomic E-state index is -0.791. The number of allylic oxidation sites excluding steroid dienone is 3. The normalized spacial score (nSPS) is 28.5. The summed E-state index contributed by atoms with van der Waals surface area (Å²) in [7, 11) is 0. The van der Waals surface area contributed by atoms with Crippen molar-refractivity contribution in [3.05, 3.63) is 24.3 Å². The van der Waals surface area contributed by atoms with Gasteiger partial charge in [-0.2, -0.15) is 0 Å². The number of rotatable bonds is 13. The molecule has 2 aliphatic heterocycles. The van der Waals surface area contributed by atoms with Gasteiger partial charge in [0.2, 0.25) is 0 Å². The molecule has 4 atom stereocenters. The number of aliphatic carboxylic acids is 1. The van der Waals surface area contributed by atoms with E-state index in [9.17, 15) is 4.79 Å². The third-order valence-electron chi connectivity index (χ3n) is 5.41. The van der Waals surface area contributed by atoms with E-state index in [0.29, 0.717) is 24.0 Å². The summed E-state index contributed by atoms with van der Waals surface area (Å²) in [6.07, 6.45) is 18.1. The number of carboxylic acid groups (broad SMARTS) is 1. The lowest BCUT2D eigenvalue weighted by molar-refractivity contribution is -0.136. The van der Waals surface area contributed by atoms with Crippen molar-refractivity contribution in [3.8, 4) is 0 Å². The first-order valence-corrected chi connectivity index (χ1v) is 9.99. The first kappa shape index (κ1) is 20.2. The molecular formula is C21H34O4. The van der Waals surface area contributed by atoms with E-state index in [4.69, 9.17) is 14.6 Å². The van der Waals surface area contributed by atoms with Crippen LogP contribution in [0.5, 0.6) is 0 Å². The summed E-state index contributed by atoms with van der Waals surface area (Å²) in [4.78, 5) is 10.5. The summed E-state index contributed by atoms with van der Waals surface area (Å²) in [5, 5.41) is 8.61. The van der Waals surface area contributed by atoms with E-state index in [1.807, 2.05) is 12.2 Å². The second-order valence-electron chi connectivity index (χ2n) is 7.27. The summed E-state index contributed by atoms with van der Waals surface area (Å²) in [6.45, 7) is 3.97. The molecule has 2 saturated heterocycles. The lowest BCUT2D eigenvalue weighted by Gasteiger charge is -2.27. The van der Waals surface area contributed by atoms with Crippen LogP contribution in [0.4, 0.5) is 0 Å². The number of carboxylic acids is 1. The third kappa shape index (κ3) is 6.95. The second-order valence-corrected chi connectivity index (χ2v) is 7.27. The fourth-order valence-electron chi connectivity index (χ4n) is 4.11. The van der Waals surface area contributed by atoms with Crippen molar-refractivity contribution in [3.63, 3.8) is 0 Å². The van der Waals surface area contributed by atoms with Gasteiger partial charge in [-0.1, -0.05) is 50.5 Å². The van der Waals surface area contributed by atoms with Gasteiger partial charge in [0.1, 0.15) is 0 Å². The Labute approximate surface area is 152 Å². The SMILES string of the molecule is CCCCCCOCC[C@@H]1[C@H](CC=CC=CCC(=O)O)[C@@H]2CC[C@H]1O2. The third-order valence-corrected chi connectivity index (χ3v) is 5.41. The quantitative estimate of drug-likeness (QED) is 0.385. The van der Waals surface area contributed by atoms with E-state index < -0.39 is 5.97 Å². The van der Waals surface area contributed by atoms with Gasteiger partial charge < -0.3 is 14.6 Å². The Balaban J connectivity index is 1.67. The van der Waals surface area contributed by atoms with Crippen LogP contribution >= 0.6 is 0 Å². The van der Waals surface area contributed by atoms with Gasteiger partial charge in [-0.3, -0.25) is 4.79 Å². The fraction of sp³-hybridized carbons (Fsp3) is 0.762. The molecule has 25 heavy (non-hydrogen) atoms. The molecule has 0 amide bonds. The van der Waals surface area contributed by atoms with E-state index in [0.717, 1.165) is 26.1 Å². The van der Waals surface area contributed by atoms with Gasteiger partial charge in [-0.05, 0) is 43.9 Å². The molecule has 0 aromatic heterocycles. The van der Waals surface area contributed by atoms with E-state index in [2.05, 4.69) is 13.0 Å². The van der Waals surface area contributed by atoms with Crippen molar-refractivity contribution >= 4 is 5.97 Å². The molecule has 0 unspecified atom stereocenters. The Kier molecular flexibility index (Phi) is 9.27. The summed E-state index contributed by atoms with van der Waals surface area (Å²) >= 11 is 0. The van der Waals surface area contributed by atoms with Gasteiger partial charge in [-0.25, -0.2) is 0 Å². The summed E-state index contributed by atoms with van der Waals surface area (Å²) in [6, 6.07) is 0. The molecule has 0 aliphatic carbocycles.